The van der Waals surface area contributed by atoms with Crippen LogP contribution in [0.5, 0.6) is 0 Å². The topological polar surface area (TPSA) is 77.0 Å². The fourth-order valence-corrected chi connectivity index (χ4v) is 2.11. The van der Waals surface area contributed by atoms with Crippen LogP contribution in [-0.4, -0.2) is 27.6 Å². The summed E-state index contributed by atoms with van der Waals surface area (Å²) in [6, 6.07) is 0. The van der Waals surface area contributed by atoms with Gasteiger partial charge in [-0.3, -0.25) is 4.79 Å². The highest BCUT2D eigenvalue weighted by molar-refractivity contribution is 6.35. The fraction of sp³-hybridized carbons (Fsp3) is 0.300. The van der Waals surface area contributed by atoms with Crippen molar-refractivity contribution in [3.05, 3.63) is 27.4 Å². The number of hydrogen-bond donors (Lipinski definition) is 1. The van der Waals surface area contributed by atoms with Gasteiger partial charge in [-0.15, -0.1) is 0 Å². The SMILES string of the molecule is CCn1c(Cl)c(C(=O)OC)c2nc[nH]c(=O)c21. The third-order valence-corrected chi connectivity index (χ3v) is 2.88. The minimum Gasteiger partial charge on any atom is -0.465 e. The number of carbonyl (C=O) groups excluding carboxylic acids is 1. The van der Waals surface area contributed by atoms with Crippen molar-refractivity contribution in [3.8, 4) is 0 Å². The molecule has 0 saturated heterocycles. The van der Waals surface area contributed by atoms with Gasteiger partial charge in [0.2, 0.25) is 0 Å². The summed E-state index contributed by atoms with van der Waals surface area (Å²) in [6.07, 6.45) is 1.23. The molecular formula is C10H10ClN3O3. The van der Waals surface area contributed by atoms with E-state index in [-0.39, 0.29) is 27.3 Å². The van der Waals surface area contributed by atoms with Crippen molar-refractivity contribution in [1.82, 2.24) is 14.5 Å². The maximum Gasteiger partial charge on any atom is 0.343 e. The van der Waals surface area contributed by atoms with Gasteiger partial charge >= 0.3 is 5.97 Å². The van der Waals surface area contributed by atoms with E-state index >= 15 is 0 Å². The molecule has 6 nitrogen and oxygen atoms in total. The first-order valence-electron chi connectivity index (χ1n) is 4.95. The highest BCUT2D eigenvalue weighted by Crippen LogP contribution is 2.26. The number of methoxy groups -OCH3 is 1. The molecule has 0 fully saturated rings. The number of nitrogens with zero attached hydrogens (tertiary/aromatic N) is 2. The molecule has 90 valence electrons. The number of rotatable bonds is 2. The summed E-state index contributed by atoms with van der Waals surface area (Å²) in [4.78, 5) is 29.8. The van der Waals surface area contributed by atoms with Crippen LogP contribution in [0.25, 0.3) is 11.0 Å². The number of aryl methyl sites for hydroxylation is 1. The van der Waals surface area contributed by atoms with Crippen molar-refractivity contribution in [2.75, 3.05) is 7.11 Å². The van der Waals surface area contributed by atoms with Crippen LogP contribution in [0.1, 0.15) is 17.3 Å². The van der Waals surface area contributed by atoms with E-state index in [1.54, 1.807) is 0 Å². The zero-order valence-electron chi connectivity index (χ0n) is 9.28. The lowest BCUT2D eigenvalue weighted by atomic mass is 10.3. The number of carbonyl (C=O) groups is 1. The smallest absolute Gasteiger partial charge is 0.343 e. The Morgan fingerprint density at radius 3 is 2.94 bits per heavy atom. The van der Waals surface area contributed by atoms with Crippen LogP contribution in [0.2, 0.25) is 5.15 Å². The molecule has 0 radical (unpaired) electrons. The molecule has 0 bridgehead atoms. The average Bonchev–Trinajstić information content (AvgIpc) is 2.61. The Balaban J connectivity index is 2.95. The molecule has 7 heteroatoms. The molecule has 2 aromatic rings. The Morgan fingerprint density at radius 1 is 1.65 bits per heavy atom. The van der Waals surface area contributed by atoms with Crippen molar-refractivity contribution >= 4 is 28.6 Å². The molecule has 0 aromatic carbocycles. The van der Waals surface area contributed by atoms with E-state index in [1.807, 2.05) is 6.92 Å². The zero-order chi connectivity index (χ0) is 12.6. The van der Waals surface area contributed by atoms with E-state index < -0.39 is 5.97 Å². The van der Waals surface area contributed by atoms with Gasteiger partial charge in [0.1, 0.15) is 21.7 Å². The highest BCUT2D eigenvalue weighted by atomic mass is 35.5. The van der Waals surface area contributed by atoms with E-state index in [2.05, 4.69) is 14.7 Å². The Morgan fingerprint density at radius 2 is 2.35 bits per heavy atom. The maximum absolute atomic E-state index is 11.7. The van der Waals surface area contributed by atoms with Crippen LogP contribution >= 0.6 is 11.6 Å². The van der Waals surface area contributed by atoms with Gasteiger partial charge in [0.25, 0.3) is 5.56 Å². The van der Waals surface area contributed by atoms with E-state index in [1.165, 1.54) is 18.0 Å². The van der Waals surface area contributed by atoms with Crippen molar-refractivity contribution in [2.24, 2.45) is 0 Å². The standard InChI is InChI=1S/C10H10ClN3O3/c1-3-14-7-6(12-4-13-9(7)15)5(8(14)11)10(16)17-2/h4H,3H2,1-2H3,(H,12,13,15). The second-order valence-corrected chi connectivity index (χ2v) is 3.69. The minimum atomic E-state index is -0.606. The van der Waals surface area contributed by atoms with Crippen molar-refractivity contribution in [1.29, 1.82) is 0 Å². The van der Waals surface area contributed by atoms with Gasteiger partial charge < -0.3 is 14.3 Å². The van der Waals surface area contributed by atoms with Gasteiger partial charge in [0.05, 0.1) is 13.4 Å². The van der Waals surface area contributed by atoms with E-state index in [9.17, 15) is 9.59 Å². The van der Waals surface area contributed by atoms with Crippen molar-refractivity contribution in [3.63, 3.8) is 0 Å². The summed E-state index contributed by atoms with van der Waals surface area (Å²) >= 11 is 6.07. The van der Waals surface area contributed by atoms with Crippen molar-refractivity contribution in [2.45, 2.75) is 13.5 Å². The number of H-pyrrole nitrogens is 1. The van der Waals surface area contributed by atoms with Crippen molar-refractivity contribution < 1.29 is 9.53 Å². The fourth-order valence-electron chi connectivity index (χ4n) is 1.74. The molecule has 0 amide bonds. The monoisotopic (exact) mass is 255 g/mol. The van der Waals surface area contributed by atoms with Crippen LogP contribution in [0.3, 0.4) is 0 Å². The van der Waals surface area contributed by atoms with Crippen LogP contribution in [-0.2, 0) is 11.3 Å². The van der Waals surface area contributed by atoms with Gasteiger partial charge in [-0.2, -0.15) is 0 Å². The molecule has 0 unspecified atom stereocenters. The predicted octanol–water partition coefficient (Wildman–Crippen LogP) is 1.18. The molecule has 0 saturated carbocycles. The van der Waals surface area contributed by atoms with Gasteiger partial charge in [-0.25, -0.2) is 9.78 Å². The Labute approximate surface area is 101 Å². The highest BCUT2D eigenvalue weighted by Gasteiger charge is 2.24. The third kappa shape index (κ3) is 1.61. The first-order valence-corrected chi connectivity index (χ1v) is 5.33. The van der Waals surface area contributed by atoms with Gasteiger partial charge in [-0.05, 0) is 6.92 Å². The van der Waals surface area contributed by atoms with Gasteiger partial charge in [-0.1, -0.05) is 11.6 Å². The molecule has 2 aromatic heterocycles. The summed E-state index contributed by atoms with van der Waals surface area (Å²) in [5.74, 6) is -0.606. The minimum absolute atomic E-state index is 0.122. The summed E-state index contributed by atoms with van der Waals surface area (Å²) < 4.78 is 6.16. The molecule has 1 N–H and O–H groups in total. The lowest BCUT2D eigenvalue weighted by molar-refractivity contribution is 0.0602. The second-order valence-electron chi connectivity index (χ2n) is 3.33. The normalized spacial score (nSPS) is 10.8. The number of esters is 1. The number of aromatic nitrogens is 3. The lowest BCUT2D eigenvalue weighted by Crippen LogP contribution is -2.10. The lowest BCUT2D eigenvalue weighted by Gasteiger charge is -2.00. The Bertz CT molecular complexity index is 644. The predicted molar refractivity (Wildman–Crippen MR) is 62.4 cm³/mol. The summed E-state index contributed by atoms with van der Waals surface area (Å²) in [7, 11) is 1.25. The molecule has 0 spiro atoms. The second kappa shape index (κ2) is 4.21. The van der Waals surface area contributed by atoms with Crippen LogP contribution in [0, 0.1) is 0 Å². The van der Waals surface area contributed by atoms with Crippen LogP contribution < -0.4 is 5.56 Å². The summed E-state index contributed by atoms with van der Waals surface area (Å²) in [6.45, 7) is 2.28. The molecular weight excluding hydrogens is 246 g/mol. The number of hydrogen-bond acceptors (Lipinski definition) is 4. The molecule has 0 aliphatic heterocycles. The molecule has 0 aliphatic rings. The van der Waals surface area contributed by atoms with E-state index in [0.29, 0.717) is 6.54 Å². The van der Waals surface area contributed by atoms with Crippen LogP contribution in [0.15, 0.2) is 11.1 Å². The first kappa shape index (κ1) is 11.7. The number of halogens is 1. The Hall–Kier alpha value is -1.82. The first-order chi connectivity index (χ1) is 8.11. The number of nitrogens with one attached hydrogen (secondary N) is 1. The van der Waals surface area contributed by atoms with E-state index in [0.717, 1.165) is 0 Å². The number of fused-ring (bicyclic) bond motifs is 1. The zero-order valence-corrected chi connectivity index (χ0v) is 10.0. The van der Waals surface area contributed by atoms with Gasteiger partial charge in [0, 0.05) is 6.54 Å². The number of ether oxygens (including phenoxy) is 1. The van der Waals surface area contributed by atoms with Crippen LogP contribution in [0.4, 0.5) is 0 Å². The molecule has 0 aliphatic carbocycles. The quantitative estimate of drug-likeness (QED) is 0.818. The molecule has 2 heterocycles. The number of aromatic amines is 1. The van der Waals surface area contributed by atoms with Gasteiger partial charge in [0.15, 0.2) is 0 Å². The molecule has 2 rings (SSSR count). The summed E-state index contributed by atoms with van der Waals surface area (Å²) in [5.41, 5.74) is 0.318. The third-order valence-electron chi connectivity index (χ3n) is 2.48. The molecule has 17 heavy (non-hydrogen) atoms. The van der Waals surface area contributed by atoms with E-state index in [4.69, 9.17) is 11.6 Å². The largest absolute Gasteiger partial charge is 0.465 e. The summed E-state index contributed by atoms with van der Waals surface area (Å²) in [5, 5.41) is 0.165. The Kier molecular flexibility index (Phi) is 2.89. The average molecular weight is 256 g/mol. The molecule has 0 atom stereocenters. The maximum atomic E-state index is 11.7.